The number of aromatic nitrogens is 1. The van der Waals surface area contributed by atoms with Crippen molar-refractivity contribution < 1.29 is 4.39 Å². The quantitative estimate of drug-likeness (QED) is 0.897. The summed E-state index contributed by atoms with van der Waals surface area (Å²) < 4.78 is 14.0. The van der Waals surface area contributed by atoms with Crippen LogP contribution in [0.25, 0.3) is 0 Å². The van der Waals surface area contributed by atoms with Crippen LogP contribution in [0.15, 0.2) is 36.7 Å². The highest BCUT2D eigenvalue weighted by Gasteiger charge is 2.18. The van der Waals surface area contributed by atoms with Crippen molar-refractivity contribution >= 4 is 0 Å². The van der Waals surface area contributed by atoms with Gasteiger partial charge in [0.05, 0.1) is 6.04 Å². The second kappa shape index (κ2) is 5.27. The van der Waals surface area contributed by atoms with E-state index in [9.17, 15) is 4.39 Å². The molecule has 1 N–H and O–H groups in total. The van der Waals surface area contributed by atoms with Gasteiger partial charge in [-0.2, -0.15) is 0 Å². The molecule has 0 saturated heterocycles. The molecular formula is C15H17FN2. The fraction of sp³-hybridized carbons (Fsp3) is 0.267. The molecule has 1 aromatic carbocycles. The summed E-state index contributed by atoms with van der Waals surface area (Å²) in [5, 5.41) is 3.16. The summed E-state index contributed by atoms with van der Waals surface area (Å²) in [7, 11) is 1.83. The first kappa shape index (κ1) is 12.7. The van der Waals surface area contributed by atoms with E-state index in [1.165, 1.54) is 6.07 Å². The van der Waals surface area contributed by atoms with E-state index in [0.29, 0.717) is 5.56 Å². The number of hydrogen-bond donors (Lipinski definition) is 1. The lowest BCUT2D eigenvalue weighted by Gasteiger charge is -2.20. The van der Waals surface area contributed by atoms with Gasteiger partial charge >= 0.3 is 0 Å². The van der Waals surface area contributed by atoms with E-state index in [0.717, 1.165) is 16.7 Å². The Balaban J connectivity index is 2.52. The van der Waals surface area contributed by atoms with Gasteiger partial charge in [-0.1, -0.05) is 17.7 Å². The van der Waals surface area contributed by atoms with Crippen molar-refractivity contribution in [2.24, 2.45) is 0 Å². The van der Waals surface area contributed by atoms with E-state index in [1.807, 2.05) is 33.0 Å². The van der Waals surface area contributed by atoms with Gasteiger partial charge in [0, 0.05) is 18.0 Å². The molecule has 0 spiro atoms. The third-order valence-corrected chi connectivity index (χ3v) is 3.14. The molecule has 0 fully saturated rings. The van der Waals surface area contributed by atoms with Gasteiger partial charge in [-0.3, -0.25) is 4.98 Å². The van der Waals surface area contributed by atoms with Crippen LogP contribution < -0.4 is 5.32 Å². The van der Waals surface area contributed by atoms with E-state index < -0.39 is 0 Å². The van der Waals surface area contributed by atoms with Gasteiger partial charge in [0.1, 0.15) is 5.82 Å². The molecule has 0 aliphatic heterocycles. The van der Waals surface area contributed by atoms with Crippen molar-refractivity contribution in [3.05, 3.63) is 64.7 Å². The second-order valence-corrected chi connectivity index (χ2v) is 4.48. The lowest BCUT2D eigenvalue weighted by Crippen LogP contribution is -2.20. The van der Waals surface area contributed by atoms with Crippen LogP contribution in [-0.2, 0) is 0 Å². The topological polar surface area (TPSA) is 24.9 Å². The molecule has 2 nitrogen and oxygen atoms in total. The number of nitrogens with zero attached hydrogens (tertiary/aromatic N) is 1. The standard InChI is InChI=1S/C15H17FN2/c1-10-4-5-14(16)12(8-10)15(17-3)13-9-18-7-6-11(13)2/h4-9,15,17H,1-3H3. The Bertz CT molecular complexity index is 552. The SMILES string of the molecule is CNC(c1cnccc1C)c1cc(C)ccc1F. The molecule has 0 bridgehead atoms. The van der Waals surface area contributed by atoms with Crippen LogP contribution >= 0.6 is 0 Å². The van der Waals surface area contributed by atoms with E-state index in [2.05, 4.69) is 10.3 Å². The summed E-state index contributed by atoms with van der Waals surface area (Å²) in [6.45, 7) is 3.97. The fourth-order valence-corrected chi connectivity index (χ4v) is 2.14. The Morgan fingerprint density at radius 2 is 1.94 bits per heavy atom. The zero-order valence-electron chi connectivity index (χ0n) is 10.9. The molecule has 1 heterocycles. The normalized spacial score (nSPS) is 12.4. The molecule has 1 aromatic heterocycles. The second-order valence-electron chi connectivity index (χ2n) is 4.48. The van der Waals surface area contributed by atoms with Crippen LogP contribution in [0.2, 0.25) is 0 Å². The monoisotopic (exact) mass is 244 g/mol. The molecular weight excluding hydrogens is 227 g/mol. The van der Waals surface area contributed by atoms with Gasteiger partial charge in [0.2, 0.25) is 0 Å². The Hall–Kier alpha value is -1.74. The highest BCUT2D eigenvalue weighted by atomic mass is 19.1. The minimum atomic E-state index is -0.191. The number of nitrogens with one attached hydrogen (secondary N) is 1. The number of aryl methyl sites for hydroxylation is 2. The molecule has 2 aromatic rings. The molecule has 18 heavy (non-hydrogen) atoms. The Morgan fingerprint density at radius 3 is 2.61 bits per heavy atom. The zero-order valence-corrected chi connectivity index (χ0v) is 10.9. The summed E-state index contributed by atoms with van der Waals surface area (Å²) in [5.74, 6) is -0.191. The maximum atomic E-state index is 14.0. The fourth-order valence-electron chi connectivity index (χ4n) is 2.14. The van der Waals surface area contributed by atoms with Gasteiger partial charge in [0.25, 0.3) is 0 Å². The summed E-state index contributed by atoms with van der Waals surface area (Å²) in [6, 6.07) is 6.94. The summed E-state index contributed by atoms with van der Waals surface area (Å²) in [5.41, 5.74) is 3.82. The van der Waals surface area contributed by atoms with E-state index in [-0.39, 0.29) is 11.9 Å². The largest absolute Gasteiger partial charge is 0.309 e. The van der Waals surface area contributed by atoms with Crippen molar-refractivity contribution in [1.29, 1.82) is 0 Å². The maximum absolute atomic E-state index is 14.0. The molecule has 0 amide bonds. The van der Waals surface area contributed by atoms with Gasteiger partial charge in [-0.05, 0) is 44.2 Å². The molecule has 3 heteroatoms. The van der Waals surface area contributed by atoms with E-state index in [1.54, 1.807) is 18.5 Å². The molecule has 94 valence electrons. The maximum Gasteiger partial charge on any atom is 0.128 e. The zero-order chi connectivity index (χ0) is 13.1. The van der Waals surface area contributed by atoms with Gasteiger partial charge in [0.15, 0.2) is 0 Å². The van der Waals surface area contributed by atoms with Gasteiger partial charge < -0.3 is 5.32 Å². The van der Waals surface area contributed by atoms with Crippen LogP contribution in [0.4, 0.5) is 4.39 Å². The van der Waals surface area contributed by atoms with Crippen molar-refractivity contribution in [1.82, 2.24) is 10.3 Å². The highest BCUT2D eigenvalue weighted by Crippen LogP contribution is 2.26. The predicted molar refractivity (Wildman–Crippen MR) is 71.0 cm³/mol. The minimum absolute atomic E-state index is 0.168. The first-order valence-corrected chi connectivity index (χ1v) is 5.97. The van der Waals surface area contributed by atoms with Crippen molar-refractivity contribution in [3.8, 4) is 0 Å². The highest BCUT2D eigenvalue weighted by molar-refractivity contribution is 5.37. The average molecular weight is 244 g/mol. The number of halogens is 1. The van der Waals surface area contributed by atoms with Gasteiger partial charge in [-0.15, -0.1) is 0 Å². The number of rotatable bonds is 3. The Kier molecular flexibility index (Phi) is 3.72. The lowest BCUT2D eigenvalue weighted by atomic mass is 9.95. The molecule has 1 atom stereocenters. The molecule has 0 radical (unpaired) electrons. The third kappa shape index (κ3) is 2.41. The predicted octanol–water partition coefficient (Wildman–Crippen LogP) is 3.15. The Labute approximate surface area is 107 Å². The molecule has 1 unspecified atom stereocenters. The van der Waals surface area contributed by atoms with Crippen LogP contribution in [0.1, 0.15) is 28.3 Å². The average Bonchev–Trinajstić information content (AvgIpc) is 2.36. The van der Waals surface area contributed by atoms with Crippen LogP contribution in [-0.4, -0.2) is 12.0 Å². The summed E-state index contributed by atoms with van der Waals surface area (Å²) in [4.78, 5) is 4.13. The first-order valence-electron chi connectivity index (χ1n) is 5.97. The number of hydrogen-bond acceptors (Lipinski definition) is 2. The minimum Gasteiger partial charge on any atom is -0.309 e. The van der Waals surface area contributed by atoms with E-state index in [4.69, 9.17) is 0 Å². The van der Waals surface area contributed by atoms with E-state index >= 15 is 0 Å². The lowest BCUT2D eigenvalue weighted by molar-refractivity contribution is 0.574. The number of pyridine rings is 1. The van der Waals surface area contributed by atoms with Crippen LogP contribution in [0.5, 0.6) is 0 Å². The summed E-state index contributed by atoms with van der Waals surface area (Å²) >= 11 is 0. The first-order chi connectivity index (χ1) is 8.63. The number of benzene rings is 1. The molecule has 0 aliphatic rings. The van der Waals surface area contributed by atoms with Crippen LogP contribution in [0.3, 0.4) is 0 Å². The van der Waals surface area contributed by atoms with Crippen molar-refractivity contribution in [2.45, 2.75) is 19.9 Å². The molecule has 2 rings (SSSR count). The molecule has 0 aliphatic carbocycles. The smallest absolute Gasteiger partial charge is 0.128 e. The van der Waals surface area contributed by atoms with Crippen molar-refractivity contribution in [3.63, 3.8) is 0 Å². The Morgan fingerprint density at radius 1 is 1.17 bits per heavy atom. The van der Waals surface area contributed by atoms with Crippen molar-refractivity contribution in [2.75, 3.05) is 7.05 Å². The summed E-state index contributed by atoms with van der Waals surface area (Å²) in [6.07, 6.45) is 3.54. The van der Waals surface area contributed by atoms with Gasteiger partial charge in [-0.25, -0.2) is 4.39 Å². The molecule has 0 saturated carbocycles. The van der Waals surface area contributed by atoms with Crippen LogP contribution in [0, 0.1) is 19.7 Å². The third-order valence-electron chi connectivity index (χ3n) is 3.14.